The van der Waals surface area contributed by atoms with Gasteiger partial charge in [-0.3, -0.25) is 9.59 Å². The number of nitrogens with one attached hydrogen (secondary N) is 1. The second kappa shape index (κ2) is 7.13. The predicted molar refractivity (Wildman–Crippen MR) is 76.3 cm³/mol. The number of halogens is 1. The van der Waals surface area contributed by atoms with Crippen molar-refractivity contribution in [3.63, 3.8) is 0 Å². The first kappa shape index (κ1) is 15.5. The third-order valence-corrected chi connectivity index (χ3v) is 3.16. The lowest BCUT2D eigenvalue weighted by Crippen LogP contribution is -2.30. The van der Waals surface area contributed by atoms with E-state index >= 15 is 0 Å². The molecule has 0 aliphatic carbocycles. The molecule has 6 heteroatoms. The summed E-state index contributed by atoms with van der Waals surface area (Å²) in [6, 6.07) is 5.07. The Balaban J connectivity index is 2.54. The monoisotopic (exact) mass is 328 g/mol. The van der Waals surface area contributed by atoms with Crippen LogP contribution in [0.3, 0.4) is 0 Å². The predicted octanol–water partition coefficient (Wildman–Crippen LogP) is 1.67. The lowest BCUT2D eigenvalue weighted by Gasteiger charge is -2.11. The van der Waals surface area contributed by atoms with E-state index < -0.39 is 0 Å². The summed E-state index contributed by atoms with van der Waals surface area (Å²) in [4.78, 5) is 24.7. The van der Waals surface area contributed by atoms with E-state index in [1.54, 1.807) is 39.4 Å². The SMILES string of the molecule is COc1ccc(C(=O)NCCC(=O)N(C)C)cc1Br. The van der Waals surface area contributed by atoms with Crippen LogP contribution in [-0.4, -0.2) is 44.5 Å². The molecular weight excluding hydrogens is 312 g/mol. The summed E-state index contributed by atoms with van der Waals surface area (Å²) >= 11 is 3.32. The van der Waals surface area contributed by atoms with Gasteiger partial charge in [0.05, 0.1) is 11.6 Å². The quantitative estimate of drug-likeness (QED) is 0.894. The summed E-state index contributed by atoms with van der Waals surface area (Å²) in [6.45, 7) is 0.319. The Labute approximate surface area is 121 Å². The van der Waals surface area contributed by atoms with E-state index in [2.05, 4.69) is 21.2 Å². The van der Waals surface area contributed by atoms with Crippen molar-refractivity contribution in [2.45, 2.75) is 6.42 Å². The number of benzene rings is 1. The molecule has 0 unspecified atom stereocenters. The van der Waals surface area contributed by atoms with Crippen LogP contribution in [0.2, 0.25) is 0 Å². The zero-order chi connectivity index (χ0) is 14.4. The van der Waals surface area contributed by atoms with Crippen molar-refractivity contribution < 1.29 is 14.3 Å². The van der Waals surface area contributed by atoms with Crippen LogP contribution in [0.5, 0.6) is 5.75 Å². The molecule has 0 aliphatic rings. The number of amides is 2. The van der Waals surface area contributed by atoms with Gasteiger partial charge in [-0.2, -0.15) is 0 Å². The van der Waals surface area contributed by atoms with E-state index in [0.29, 0.717) is 22.3 Å². The first-order chi connectivity index (χ1) is 8.95. The van der Waals surface area contributed by atoms with E-state index in [9.17, 15) is 9.59 Å². The largest absolute Gasteiger partial charge is 0.496 e. The summed E-state index contributed by atoms with van der Waals surface area (Å²) in [6.07, 6.45) is 0.288. The molecule has 1 rings (SSSR count). The Hall–Kier alpha value is -1.56. The van der Waals surface area contributed by atoms with E-state index in [4.69, 9.17) is 4.74 Å². The van der Waals surface area contributed by atoms with Crippen LogP contribution in [0.1, 0.15) is 16.8 Å². The molecule has 1 N–H and O–H groups in total. The molecule has 1 aromatic carbocycles. The van der Waals surface area contributed by atoms with E-state index in [1.165, 1.54) is 4.90 Å². The fraction of sp³-hybridized carbons (Fsp3) is 0.385. The molecule has 1 aromatic rings. The number of rotatable bonds is 5. The molecule has 0 radical (unpaired) electrons. The minimum absolute atomic E-state index is 0.0174. The van der Waals surface area contributed by atoms with Gasteiger partial charge in [-0.25, -0.2) is 0 Å². The van der Waals surface area contributed by atoms with Gasteiger partial charge in [-0.15, -0.1) is 0 Å². The number of carbonyl (C=O) groups excluding carboxylic acids is 2. The van der Waals surface area contributed by atoms with E-state index in [-0.39, 0.29) is 18.2 Å². The van der Waals surface area contributed by atoms with Crippen molar-refractivity contribution in [3.05, 3.63) is 28.2 Å². The summed E-state index contributed by atoms with van der Waals surface area (Å²) in [5.74, 6) is 0.436. The fourth-order valence-corrected chi connectivity index (χ4v) is 1.96. The minimum atomic E-state index is -0.213. The summed E-state index contributed by atoms with van der Waals surface area (Å²) < 4.78 is 5.80. The number of nitrogens with zero attached hydrogens (tertiary/aromatic N) is 1. The maximum absolute atomic E-state index is 11.9. The second-order valence-corrected chi connectivity index (χ2v) is 5.00. The van der Waals surface area contributed by atoms with Crippen LogP contribution in [0, 0.1) is 0 Å². The third kappa shape index (κ3) is 4.55. The van der Waals surface area contributed by atoms with Crippen LogP contribution in [0.25, 0.3) is 0 Å². The third-order valence-electron chi connectivity index (χ3n) is 2.54. The normalized spacial score (nSPS) is 9.89. The first-order valence-corrected chi connectivity index (χ1v) is 6.57. The van der Waals surface area contributed by atoms with Gasteiger partial charge in [-0.05, 0) is 34.1 Å². The summed E-state index contributed by atoms with van der Waals surface area (Å²) in [5.41, 5.74) is 0.518. The number of hydrogen-bond acceptors (Lipinski definition) is 3. The van der Waals surface area contributed by atoms with Gasteiger partial charge in [0.15, 0.2) is 0 Å². The molecule has 0 aromatic heterocycles. The molecule has 2 amide bonds. The molecule has 5 nitrogen and oxygen atoms in total. The minimum Gasteiger partial charge on any atom is -0.496 e. The van der Waals surface area contributed by atoms with Crippen LogP contribution in [-0.2, 0) is 4.79 Å². The lowest BCUT2D eigenvalue weighted by atomic mass is 10.2. The Morgan fingerprint density at radius 3 is 2.58 bits per heavy atom. The molecule has 0 fully saturated rings. The standard InChI is InChI=1S/C13H17BrN2O3/c1-16(2)12(17)6-7-15-13(18)9-4-5-11(19-3)10(14)8-9/h4-5,8H,6-7H2,1-3H3,(H,15,18). The number of methoxy groups -OCH3 is 1. The van der Waals surface area contributed by atoms with Gasteiger partial charge in [0.25, 0.3) is 5.91 Å². The van der Waals surface area contributed by atoms with Crippen molar-refractivity contribution in [2.75, 3.05) is 27.7 Å². The zero-order valence-electron chi connectivity index (χ0n) is 11.2. The lowest BCUT2D eigenvalue weighted by molar-refractivity contribution is -0.128. The molecular formula is C13H17BrN2O3. The molecule has 0 heterocycles. The average Bonchev–Trinajstić information content (AvgIpc) is 2.38. The van der Waals surface area contributed by atoms with Gasteiger partial charge < -0.3 is 15.0 Å². The number of hydrogen-bond donors (Lipinski definition) is 1. The molecule has 19 heavy (non-hydrogen) atoms. The highest BCUT2D eigenvalue weighted by Crippen LogP contribution is 2.25. The highest BCUT2D eigenvalue weighted by Gasteiger charge is 2.09. The van der Waals surface area contributed by atoms with Crippen molar-refractivity contribution in [1.82, 2.24) is 10.2 Å². The van der Waals surface area contributed by atoms with Crippen molar-refractivity contribution in [3.8, 4) is 5.75 Å². The highest BCUT2D eigenvalue weighted by molar-refractivity contribution is 9.10. The van der Waals surface area contributed by atoms with E-state index in [0.717, 1.165) is 0 Å². The van der Waals surface area contributed by atoms with Gasteiger partial charge in [-0.1, -0.05) is 0 Å². The van der Waals surface area contributed by atoms with Gasteiger partial charge >= 0.3 is 0 Å². The zero-order valence-corrected chi connectivity index (χ0v) is 12.8. The van der Waals surface area contributed by atoms with E-state index in [1.807, 2.05) is 0 Å². The van der Waals surface area contributed by atoms with Gasteiger partial charge in [0, 0.05) is 32.6 Å². The van der Waals surface area contributed by atoms with Crippen LogP contribution >= 0.6 is 15.9 Å². The van der Waals surface area contributed by atoms with Crippen LogP contribution in [0.15, 0.2) is 22.7 Å². The Kier molecular flexibility index (Phi) is 5.82. The topological polar surface area (TPSA) is 58.6 Å². The molecule has 0 saturated carbocycles. The average molecular weight is 329 g/mol. The highest BCUT2D eigenvalue weighted by atomic mass is 79.9. The summed E-state index contributed by atoms with van der Waals surface area (Å²) in [5, 5.41) is 2.70. The number of ether oxygens (including phenoxy) is 1. The molecule has 0 saturated heterocycles. The fourth-order valence-electron chi connectivity index (χ4n) is 1.42. The van der Waals surface area contributed by atoms with Gasteiger partial charge in [0.2, 0.25) is 5.91 Å². The van der Waals surface area contributed by atoms with Crippen molar-refractivity contribution in [1.29, 1.82) is 0 Å². The Morgan fingerprint density at radius 1 is 1.37 bits per heavy atom. The Morgan fingerprint density at radius 2 is 2.05 bits per heavy atom. The maximum atomic E-state index is 11.9. The van der Waals surface area contributed by atoms with Crippen LogP contribution < -0.4 is 10.1 Å². The molecule has 0 aliphatic heterocycles. The number of carbonyl (C=O) groups is 2. The molecule has 0 atom stereocenters. The van der Waals surface area contributed by atoms with Crippen molar-refractivity contribution in [2.24, 2.45) is 0 Å². The van der Waals surface area contributed by atoms with Crippen LogP contribution in [0.4, 0.5) is 0 Å². The molecule has 0 bridgehead atoms. The second-order valence-electron chi connectivity index (χ2n) is 4.14. The summed E-state index contributed by atoms with van der Waals surface area (Å²) in [7, 11) is 4.93. The molecule has 104 valence electrons. The maximum Gasteiger partial charge on any atom is 0.251 e. The molecule has 0 spiro atoms. The van der Waals surface area contributed by atoms with Crippen molar-refractivity contribution >= 4 is 27.7 Å². The Bertz CT molecular complexity index is 475. The van der Waals surface area contributed by atoms with Gasteiger partial charge in [0.1, 0.15) is 5.75 Å². The first-order valence-electron chi connectivity index (χ1n) is 5.77. The smallest absolute Gasteiger partial charge is 0.251 e.